The molecule has 0 saturated carbocycles. The fourth-order valence-corrected chi connectivity index (χ4v) is 4.17. The largest absolute Gasteiger partial charge is 0.497 e. The van der Waals surface area contributed by atoms with Gasteiger partial charge in [0.1, 0.15) is 11.9 Å². The van der Waals surface area contributed by atoms with Gasteiger partial charge in [-0.25, -0.2) is 0 Å². The summed E-state index contributed by atoms with van der Waals surface area (Å²) in [5, 5.41) is 0. The minimum atomic E-state index is -0.309. The van der Waals surface area contributed by atoms with Gasteiger partial charge in [-0.15, -0.1) is 0 Å². The van der Waals surface area contributed by atoms with Crippen LogP contribution in [0.4, 0.5) is 0 Å². The van der Waals surface area contributed by atoms with Crippen molar-refractivity contribution in [1.82, 2.24) is 0 Å². The molecule has 4 heteroatoms. The fraction of sp³-hybridized carbons (Fsp3) is 0.571. The molecule has 176 valence electrons. The van der Waals surface area contributed by atoms with E-state index in [9.17, 15) is 0 Å². The molecule has 2 aromatic rings. The highest BCUT2D eigenvalue weighted by Gasteiger charge is 2.33. The van der Waals surface area contributed by atoms with E-state index < -0.39 is 0 Å². The van der Waals surface area contributed by atoms with Crippen molar-refractivity contribution in [2.75, 3.05) is 13.7 Å². The van der Waals surface area contributed by atoms with Crippen LogP contribution in [-0.2, 0) is 20.8 Å². The third-order valence-electron chi connectivity index (χ3n) is 6.16. The Morgan fingerprint density at radius 2 is 1.53 bits per heavy atom. The SMILES string of the molecule is CCCCCCCCCC[C@H]1O[C@@H](c2ccccc2)OC[C@H]1OCc1ccc(OC)cc1. The first-order chi connectivity index (χ1) is 15.8. The fourth-order valence-electron chi connectivity index (χ4n) is 4.17. The van der Waals surface area contributed by atoms with E-state index in [0.717, 1.165) is 23.3 Å². The van der Waals surface area contributed by atoms with Crippen LogP contribution in [0.15, 0.2) is 54.6 Å². The first-order valence-electron chi connectivity index (χ1n) is 12.4. The van der Waals surface area contributed by atoms with Crippen LogP contribution in [0.2, 0.25) is 0 Å². The Morgan fingerprint density at radius 1 is 0.844 bits per heavy atom. The average molecular weight is 441 g/mol. The van der Waals surface area contributed by atoms with Crippen LogP contribution >= 0.6 is 0 Å². The maximum atomic E-state index is 6.40. The highest BCUT2D eigenvalue weighted by Crippen LogP contribution is 2.30. The van der Waals surface area contributed by atoms with Gasteiger partial charge in [-0.05, 0) is 24.1 Å². The van der Waals surface area contributed by atoms with Crippen molar-refractivity contribution in [3.05, 3.63) is 65.7 Å². The minimum absolute atomic E-state index is 0.0484. The van der Waals surface area contributed by atoms with Crippen molar-refractivity contribution in [3.63, 3.8) is 0 Å². The Labute approximate surface area is 194 Å². The molecule has 1 heterocycles. The molecule has 1 saturated heterocycles. The number of benzene rings is 2. The average Bonchev–Trinajstić information content (AvgIpc) is 2.85. The minimum Gasteiger partial charge on any atom is -0.497 e. The van der Waals surface area contributed by atoms with Gasteiger partial charge >= 0.3 is 0 Å². The molecular formula is C28H40O4. The summed E-state index contributed by atoms with van der Waals surface area (Å²) in [6, 6.07) is 18.2. The monoisotopic (exact) mass is 440 g/mol. The highest BCUT2D eigenvalue weighted by atomic mass is 16.7. The quantitative estimate of drug-likeness (QED) is 0.290. The zero-order valence-corrected chi connectivity index (χ0v) is 19.8. The van der Waals surface area contributed by atoms with Crippen LogP contribution in [0.5, 0.6) is 5.75 Å². The Kier molecular flexibility index (Phi) is 11.1. The Morgan fingerprint density at radius 3 is 2.22 bits per heavy atom. The van der Waals surface area contributed by atoms with Crippen molar-refractivity contribution in [2.24, 2.45) is 0 Å². The molecule has 2 aromatic carbocycles. The van der Waals surface area contributed by atoms with Gasteiger partial charge in [0, 0.05) is 5.56 Å². The lowest BCUT2D eigenvalue weighted by atomic mass is 10.0. The molecule has 1 fully saturated rings. The third-order valence-corrected chi connectivity index (χ3v) is 6.16. The molecule has 0 N–H and O–H groups in total. The molecule has 1 aliphatic heterocycles. The van der Waals surface area contributed by atoms with Crippen LogP contribution in [0.25, 0.3) is 0 Å². The summed E-state index contributed by atoms with van der Waals surface area (Å²) in [5.74, 6) is 0.858. The van der Waals surface area contributed by atoms with Crippen molar-refractivity contribution in [2.45, 2.75) is 89.8 Å². The van der Waals surface area contributed by atoms with Gasteiger partial charge < -0.3 is 18.9 Å². The van der Waals surface area contributed by atoms with Gasteiger partial charge in [0.15, 0.2) is 6.29 Å². The second-order valence-corrected chi connectivity index (χ2v) is 8.71. The molecule has 0 bridgehead atoms. The van der Waals surface area contributed by atoms with E-state index in [1.807, 2.05) is 42.5 Å². The van der Waals surface area contributed by atoms with Crippen LogP contribution < -0.4 is 4.74 Å². The van der Waals surface area contributed by atoms with E-state index in [1.165, 1.54) is 51.4 Å². The number of rotatable bonds is 14. The van der Waals surface area contributed by atoms with E-state index in [0.29, 0.717) is 13.2 Å². The third kappa shape index (κ3) is 8.23. The molecule has 0 aromatic heterocycles. The summed E-state index contributed by atoms with van der Waals surface area (Å²) in [4.78, 5) is 0. The topological polar surface area (TPSA) is 36.9 Å². The second kappa shape index (κ2) is 14.3. The highest BCUT2D eigenvalue weighted by molar-refractivity contribution is 5.26. The smallest absolute Gasteiger partial charge is 0.184 e. The van der Waals surface area contributed by atoms with E-state index in [-0.39, 0.29) is 18.5 Å². The number of ether oxygens (including phenoxy) is 4. The maximum Gasteiger partial charge on any atom is 0.184 e. The molecule has 0 amide bonds. The van der Waals surface area contributed by atoms with Gasteiger partial charge in [0.2, 0.25) is 0 Å². The predicted molar refractivity (Wildman–Crippen MR) is 129 cm³/mol. The van der Waals surface area contributed by atoms with Crippen LogP contribution in [0.1, 0.15) is 82.1 Å². The zero-order chi connectivity index (χ0) is 22.4. The first-order valence-corrected chi connectivity index (χ1v) is 12.4. The summed E-state index contributed by atoms with van der Waals surface area (Å²) in [6.07, 6.45) is 11.2. The molecule has 0 unspecified atom stereocenters. The normalized spacial score (nSPS) is 20.9. The van der Waals surface area contributed by atoms with Crippen molar-refractivity contribution in [1.29, 1.82) is 0 Å². The van der Waals surface area contributed by atoms with Crippen molar-refractivity contribution < 1.29 is 18.9 Å². The summed E-state index contributed by atoms with van der Waals surface area (Å²) in [7, 11) is 1.68. The zero-order valence-electron chi connectivity index (χ0n) is 19.8. The number of hydrogen-bond donors (Lipinski definition) is 0. The molecule has 1 aliphatic rings. The molecule has 0 aliphatic carbocycles. The van der Waals surface area contributed by atoms with E-state index in [4.69, 9.17) is 18.9 Å². The number of unbranched alkanes of at least 4 members (excludes halogenated alkanes) is 7. The maximum absolute atomic E-state index is 6.40. The molecule has 0 spiro atoms. The van der Waals surface area contributed by atoms with Crippen molar-refractivity contribution >= 4 is 0 Å². The summed E-state index contributed by atoms with van der Waals surface area (Å²) in [5.41, 5.74) is 2.20. The molecule has 3 atom stereocenters. The molecule has 4 nitrogen and oxygen atoms in total. The first kappa shape index (κ1) is 24.8. The number of hydrogen-bond acceptors (Lipinski definition) is 4. The lowest BCUT2D eigenvalue weighted by molar-refractivity contribution is -0.269. The number of methoxy groups -OCH3 is 1. The Hall–Kier alpha value is -1.88. The summed E-state index contributed by atoms with van der Waals surface area (Å²) in [6.45, 7) is 3.37. The lowest BCUT2D eigenvalue weighted by Crippen LogP contribution is -2.42. The van der Waals surface area contributed by atoms with Crippen LogP contribution in [0, 0.1) is 0 Å². The van der Waals surface area contributed by atoms with Gasteiger partial charge in [0.05, 0.1) is 26.4 Å². The van der Waals surface area contributed by atoms with Gasteiger partial charge in [0.25, 0.3) is 0 Å². The van der Waals surface area contributed by atoms with Gasteiger partial charge in [-0.3, -0.25) is 0 Å². The standard InChI is InChI=1S/C28H40O4/c1-3-4-5-6-7-8-9-13-16-26-27(30-21-23-17-19-25(29-2)20-18-23)22-31-28(32-26)24-14-11-10-12-15-24/h10-12,14-15,17-20,26-28H,3-9,13,16,21-22H2,1-2H3/t26-,27-,28+/m1/s1. The van der Waals surface area contributed by atoms with E-state index in [2.05, 4.69) is 19.1 Å². The van der Waals surface area contributed by atoms with Crippen molar-refractivity contribution in [3.8, 4) is 5.75 Å². The molecule has 32 heavy (non-hydrogen) atoms. The Bertz CT molecular complexity index is 731. The molecular weight excluding hydrogens is 400 g/mol. The summed E-state index contributed by atoms with van der Waals surface area (Å²) < 4.78 is 24.0. The van der Waals surface area contributed by atoms with Crippen LogP contribution in [0.3, 0.4) is 0 Å². The van der Waals surface area contributed by atoms with Gasteiger partial charge in [-0.2, -0.15) is 0 Å². The van der Waals surface area contributed by atoms with Gasteiger partial charge in [-0.1, -0.05) is 101 Å². The second-order valence-electron chi connectivity index (χ2n) is 8.71. The molecule has 0 radical (unpaired) electrons. The lowest BCUT2D eigenvalue weighted by Gasteiger charge is -2.36. The Balaban J connectivity index is 1.49. The summed E-state index contributed by atoms with van der Waals surface area (Å²) >= 11 is 0. The van der Waals surface area contributed by atoms with Crippen LogP contribution in [-0.4, -0.2) is 25.9 Å². The van der Waals surface area contributed by atoms with E-state index in [1.54, 1.807) is 7.11 Å². The molecule has 3 rings (SSSR count). The predicted octanol–water partition coefficient (Wildman–Crippen LogP) is 7.23. The van der Waals surface area contributed by atoms with E-state index >= 15 is 0 Å².